The molecule has 0 spiro atoms. The molecule has 0 aliphatic carbocycles. The minimum atomic E-state index is -0.215. The fourth-order valence-corrected chi connectivity index (χ4v) is 3.56. The SMILES string of the molecule is CN1C[14C@H]2c3ccccc3Oc3ccc(Cl)cc3[C@@H]2C1=O. The van der Waals surface area contributed by atoms with E-state index in [0.717, 1.165) is 22.6 Å². The molecule has 0 radical (unpaired) electrons. The predicted molar refractivity (Wildman–Crippen MR) is 81.1 cm³/mol. The third kappa shape index (κ3) is 1.84. The van der Waals surface area contributed by atoms with E-state index < -0.39 is 0 Å². The van der Waals surface area contributed by atoms with Crippen molar-refractivity contribution in [3.63, 3.8) is 0 Å². The maximum Gasteiger partial charge on any atom is 0.230 e. The molecule has 4 rings (SSSR count). The number of carbonyl (C=O) groups excluding carboxylic acids is 1. The molecule has 0 unspecified atom stereocenters. The van der Waals surface area contributed by atoms with Gasteiger partial charge in [-0.3, -0.25) is 4.79 Å². The summed E-state index contributed by atoms with van der Waals surface area (Å²) in [6, 6.07) is 13.5. The van der Waals surface area contributed by atoms with Gasteiger partial charge in [0.2, 0.25) is 5.91 Å². The molecular formula is C17H14ClNO2. The molecule has 2 aliphatic rings. The summed E-state index contributed by atoms with van der Waals surface area (Å²) < 4.78 is 6.05. The monoisotopic (exact) mass is 301 g/mol. The number of rotatable bonds is 0. The number of carbonyl (C=O) groups is 1. The normalized spacial score (nSPS) is 23.0. The van der Waals surface area contributed by atoms with Crippen molar-refractivity contribution < 1.29 is 9.53 Å². The zero-order chi connectivity index (χ0) is 14.6. The molecular weight excluding hydrogens is 288 g/mol. The van der Waals surface area contributed by atoms with Crippen LogP contribution in [0.4, 0.5) is 0 Å². The van der Waals surface area contributed by atoms with E-state index in [-0.39, 0.29) is 17.7 Å². The summed E-state index contributed by atoms with van der Waals surface area (Å²) >= 11 is 6.14. The highest BCUT2D eigenvalue weighted by Gasteiger charge is 2.44. The van der Waals surface area contributed by atoms with Crippen molar-refractivity contribution in [2.75, 3.05) is 13.6 Å². The van der Waals surface area contributed by atoms with Crippen LogP contribution in [0.25, 0.3) is 0 Å². The van der Waals surface area contributed by atoms with Crippen LogP contribution in [0.15, 0.2) is 42.5 Å². The number of likely N-dealkylation sites (N-methyl/N-ethyl adjacent to an activating group) is 1. The number of hydrogen-bond donors (Lipinski definition) is 0. The van der Waals surface area contributed by atoms with Crippen molar-refractivity contribution in [1.29, 1.82) is 0 Å². The van der Waals surface area contributed by atoms with Gasteiger partial charge in [-0.2, -0.15) is 0 Å². The molecule has 0 aromatic heterocycles. The fourth-order valence-electron chi connectivity index (χ4n) is 3.38. The van der Waals surface area contributed by atoms with Crippen LogP contribution in [0.2, 0.25) is 5.02 Å². The van der Waals surface area contributed by atoms with E-state index in [4.69, 9.17) is 16.3 Å². The van der Waals surface area contributed by atoms with Gasteiger partial charge >= 0.3 is 0 Å². The van der Waals surface area contributed by atoms with Gasteiger partial charge in [-0.25, -0.2) is 0 Å². The first-order valence-corrected chi connectivity index (χ1v) is 7.34. The van der Waals surface area contributed by atoms with Crippen LogP contribution in [0.5, 0.6) is 11.5 Å². The van der Waals surface area contributed by atoms with Crippen LogP contribution in [-0.2, 0) is 4.79 Å². The molecule has 2 aliphatic heterocycles. The van der Waals surface area contributed by atoms with Gasteiger partial charge in [0.1, 0.15) is 11.5 Å². The topological polar surface area (TPSA) is 29.5 Å². The van der Waals surface area contributed by atoms with Crippen molar-refractivity contribution in [3.05, 3.63) is 58.6 Å². The van der Waals surface area contributed by atoms with E-state index in [9.17, 15) is 4.79 Å². The van der Waals surface area contributed by atoms with Gasteiger partial charge in [-0.1, -0.05) is 29.8 Å². The molecule has 106 valence electrons. The second kappa shape index (κ2) is 4.50. The second-order valence-electron chi connectivity index (χ2n) is 5.62. The van der Waals surface area contributed by atoms with E-state index in [1.807, 2.05) is 43.4 Å². The number of benzene rings is 2. The lowest BCUT2D eigenvalue weighted by Gasteiger charge is -2.15. The molecule has 3 nitrogen and oxygen atoms in total. The Hall–Kier alpha value is -2.00. The highest BCUT2D eigenvalue weighted by Crippen LogP contribution is 2.50. The average Bonchev–Trinajstić information content (AvgIpc) is 2.70. The fraction of sp³-hybridized carbons (Fsp3) is 0.235. The summed E-state index contributed by atoms with van der Waals surface area (Å²) in [7, 11) is 1.85. The number of ether oxygens (including phenoxy) is 1. The lowest BCUT2D eigenvalue weighted by Crippen LogP contribution is -2.21. The summed E-state index contributed by atoms with van der Waals surface area (Å²) in [4.78, 5) is 14.4. The van der Waals surface area contributed by atoms with Gasteiger partial charge < -0.3 is 9.64 Å². The first kappa shape index (κ1) is 12.7. The zero-order valence-electron chi connectivity index (χ0n) is 11.5. The molecule has 2 atom stereocenters. The number of fused-ring (bicyclic) bond motifs is 5. The number of likely N-dealkylation sites (tertiary alicyclic amines) is 1. The van der Waals surface area contributed by atoms with Gasteiger partial charge in [0.15, 0.2) is 0 Å². The van der Waals surface area contributed by atoms with Crippen LogP contribution in [0, 0.1) is 0 Å². The molecule has 4 heteroatoms. The summed E-state index contributed by atoms with van der Waals surface area (Å²) in [6.45, 7) is 0.704. The van der Waals surface area contributed by atoms with Crippen LogP contribution in [0.3, 0.4) is 0 Å². The third-order valence-electron chi connectivity index (χ3n) is 4.36. The maximum absolute atomic E-state index is 12.6. The summed E-state index contributed by atoms with van der Waals surface area (Å²) in [6.07, 6.45) is 0. The highest BCUT2D eigenvalue weighted by molar-refractivity contribution is 6.30. The largest absolute Gasteiger partial charge is 0.457 e. The predicted octanol–water partition coefficient (Wildman–Crippen LogP) is 3.79. The Morgan fingerprint density at radius 2 is 2.05 bits per heavy atom. The summed E-state index contributed by atoms with van der Waals surface area (Å²) in [5, 5.41) is 0.629. The summed E-state index contributed by atoms with van der Waals surface area (Å²) in [5.74, 6) is 1.58. The molecule has 2 heterocycles. The standard InChI is InChI=1S/C17H14ClNO2/c1-19-9-13-11-4-2-3-5-14(11)21-15-7-6-10(18)8-12(15)16(13)17(19)20/h2-8,13,16H,9H2,1H3/t13-,16-/m0/s1/i13+2. The van der Waals surface area contributed by atoms with E-state index in [0.29, 0.717) is 11.6 Å². The van der Waals surface area contributed by atoms with Crippen molar-refractivity contribution in [1.82, 2.24) is 4.90 Å². The Kier molecular flexibility index (Phi) is 2.73. The van der Waals surface area contributed by atoms with Gasteiger partial charge in [0, 0.05) is 35.7 Å². The first-order chi connectivity index (χ1) is 10.1. The van der Waals surface area contributed by atoms with Gasteiger partial charge in [0.25, 0.3) is 0 Å². The molecule has 1 amide bonds. The molecule has 1 saturated heterocycles. The molecule has 21 heavy (non-hydrogen) atoms. The van der Waals surface area contributed by atoms with Crippen molar-refractivity contribution in [2.24, 2.45) is 0 Å². The number of para-hydroxylation sites is 1. The maximum atomic E-state index is 12.6. The second-order valence-corrected chi connectivity index (χ2v) is 6.06. The molecule has 0 N–H and O–H groups in total. The van der Waals surface area contributed by atoms with Crippen LogP contribution in [-0.4, -0.2) is 24.4 Å². The van der Waals surface area contributed by atoms with E-state index in [1.54, 1.807) is 11.0 Å². The molecule has 0 bridgehead atoms. The van der Waals surface area contributed by atoms with Gasteiger partial charge in [0.05, 0.1) is 5.92 Å². The van der Waals surface area contributed by atoms with Gasteiger partial charge in [-0.05, 0) is 24.3 Å². The smallest absolute Gasteiger partial charge is 0.230 e. The number of hydrogen-bond acceptors (Lipinski definition) is 2. The van der Waals surface area contributed by atoms with Crippen molar-refractivity contribution in [3.8, 4) is 11.5 Å². The Morgan fingerprint density at radius 3 is 2.90 bits per heavy atom. The molecule has 2 aromatic rings. The minimum Gasteiger partial charge on any atom is -0.457 e. The molecule has 1 fully saturated rings. The number of halogens is 1. The zero-order valence-corrected chi connectivity index (χ0v) is 12.3. The Labute approximate surface area is 128 Å². The van der Waals surface area contributed by atoms with Crippen LogP contribution >= 0.6 is 11.6 Å². The first-order valence-electron chi connectivity index (χ1n) is 6.96. The van der Waals surface area contributed by atoms with E-state index in [2.05, 4.69) is 0 Å². The Morgan fingerprint density at radius 1 is 1.24 bits per heavy atom. The third-order valence-corrected chi connectivity index (χ3v) is 4.60. The van der Waals surface area contributed by atoms with Crippen molar-refractivity contribution in [2.45, 2.75) is 11.8 Å². The van der Waals surface area contributed by atoms with Gasteiger partial charge in [-0.15, -0.1) is 0 Å². The van der Waals surface area contributed by atoms with Crippen molar-refractivity contribution >= 4 is 17.5 Å². The summed E-state index contributed by atoms with van der Waals surface area (Å²) in [5.41, 5.74) is 1.98. The van der Waals surface area contributed by atoms with E-state index >= 15 is 0 Å². The lowest BCUT2D eigenvalue weighted by molar-refractivity contribution is -0.127. The highest BCUT2D eigenvalue weighted by atomic mass is 35.5. The average molecular weight is 302 g/mol. The Balaban J connectivity index is 1.98. The minimum absolute atomic E-state index is 0.110. The quantitative estimate of drug-likeness (QED) is 0.741. The van der Waals surface area contributed by atoms with Crippen LogP contribution in [0.1, 0.15) is 23.0 Å². The Bertz CT molecular complexity index is 743. The molecule has 2 aromatic carbocycles. The van der Waals surface area contributed by atoms with E-state index in [1.165, 1.54) is 0 Å². The number of amides is 1. The lowest BCUT2D eigenvalue weighted by atomic mass is 10.0. The van der Waals surface area contributed by atoms with Crippen LogP contribution < -0.4 is 4.74 Å². The molecule has 0 saturated carbocycles. The number of nitrogens with zero attached hydrogens (tertiary/aromatic N) is 1.